The zero-order valence-corrected chi connectivity index (χ0v) is 14.8. The molecule has 1 heterocycles. The molecule has 8 heteroatoms. The first-order chi connectivity index (χ1) is 12.6. The second-order valence-corrected chi connectivity index (χ2v) is 5.88. The molecule has 0 aliphatic carbocycles. The van der Waals surface area contributed by atoms with E-state index in [0.29, 0.717) is 34.2 Å². The fourth-order valence-corrected chi connectivity index (χ4v) is 2.60. The van der Waals surface area contributed by atoms with E-state index in [9.17, 15) is 9.59 Å². The van der Waals surface area contributed by atoms with E-state index in [1.54, 1.807) is 31.4 Å². The average Bonchev–Trinajstić information content (AvgIpc) is 2.93. The lowest BCUT2D eigenvalue weighted by Gasteiger charge is -2.09. The van der Waals surface area contributed by atoms with E-state index in [1.165, 1.54) is 10.6 Å². The Labute approximate surface area is 154 Å². The Kier molecular flexibility index (Phi) is 5.48. The number of aromatic nitrogens is 1. The number of halogens is 1. The van der Waals surface area contributed by atoms with Crippen molar-refractivity contribution in [2.24, 2.45) is 0 Å². The van der Waals surface area contributed by atoms with Gasteiger partial charge in [0.1, 0.15) is 24.7 Å². The van der Waals surface area contributed by atoms with Crippen molar-refractivity contribution >= 4 is 28.6 Å². The lowest BCUT2D eigenvalue weighted by Crippen LogP contribution is -2.33. The summed E-state index contributed by atoms with van der Waals surface area (Å²) < 4.78 is 17.0. The van der Waals surface area contributed by atoms with E-state index < -0.39 is 5.76 Å². The topological polar surface area (TPSA) is 82.7 Å². The molecule has 0 unspecified atom stereocenters. The molecule has 0 radical (unpaired) electrons. The van der Waals surface area contributed by atoms with E-state index in [4.69, 9.17) is 25.5 Å². The van der Waals surface area contributed by atoms with Gasteiger partial charge in [0.2, 0.25) is 5.91 Å². The number of nitrogens with zero attached hydrogens (tertiary/aromatic N) is 1. The first-order valence-electron chi connectivity index (χ1n) is 7.89. The molecule has 3 aromatic rings. The van der Waals surface area contributed by atoms with Crippen molar-refractivity contribution in [1.82, 2.24) is 9.88 Å². The predicted octanol–water partition coefficient (Wildman–Crippen LogP) is 2.45. The molecule has 0 aliphatic rings. The van der Waals surface area contributed by atoms with E-state index >= 15 is 0 Å². The minimum Gasteiger partial charge on any atom is -0.497 e. The molecule has 1 aromatic heterocycles. The monoisotopic (exact) mass is 376 g/mol. The zero-order chi connectivity index (χ0) is 18.5. The molecule has 136 valence electrons. The van der Waals surface area contributed by atoms with Gasteiger partial charge in [0.15, 0.2) is 5.58 Å². The van der Waals surface area contributed by atoms with Crippen LogP contribution in [0.5, 0.6) is 11.5 Å². The molecule has 0 spiro atoms. The van der Waals surface area contributed by atoms with Crippen LogP contribution in [0.15, 0.2) is 51.7 Å². The summed E-state index contributed by atoms with van der Waals surface area (Å²) in [6.07, 6.45) is 0. The number of carbonyl (C=O) groups is 1. The summed E-state index contributed by atoms with van der Waals surface area (Å²) in [6.45, 7) is 0.439. The molecule has 2 aromatic carbocycles. The normalized spacial score (nSPS) is 10.7. The highest BCUT2D eigenvalue weighted by Gasteiger charge is 2.12. The summed E-state index contributed by atoms with van der Waals surface area (Å²) in [5.74, 6) is 0.411. The number of benzene rings is 2. The predicted molar refractivity (Wildman–Crippen MR) is 97.0 cm³/mol. The van der Waals surface area contributed by atoms with Gasteiger partial charge in [-0.15, -0.1) is 0 Å². The molecule has 3 rings (SSSR count). The second-order valence-electron chi connectivity index (χ2n) is 5.44. The fraction of sp³-hybridized carbons (Fsp3) is 0.222. The maximum Gasteiger partial charge on any atom is 0.420 e. The third-order valence-electron chi connectivity index (χ3n) is 3.67. The third kappa shape index (κ3) is 4.18. The Hall–Kier alpha value is -2.93. The van der Waals surface area contributed by atoms with Gasteiger partial charge in [0.05, 0.1) is 19.2 Å². The molecule has 0 saturated carbocycles. The standard InChI is InChI=1S/C18H17ClN2O5/c1-24-13-3-2-4-14(10-13)25-8-7-20-17(22)11-21-15-6-5-12(19)9-16(15)26-18(21)23/h2-6,9-10H,7-8,11H2,1H3,(H,20,22). The van der Waals surface area contributed by atoms with E-state index in [2.05, 4.69) is 5.32 Å². The lowest BCUT2D eigenvalue weighted by atomic mass is 10.3. The van der Waals surface area contributed by atoms with Crippen LogP contribution in [-0.4, -0.2) is 30.7 Å². The minimum atomic E-state index is -0.606. The number of nitrogens with one attached hydrogen (secondary N) is 1. The molecule has 0 fully saturated rings. The lowest BCUT2D eigenvalue weighted by molar-refractivity contribution is -0.121. The van der Waals surface area contributed by atoms with Crippen LogP contribution in [0.1, 0.15) is 0 Å². The quantitative estimate of drug-likeness (QED) is 0.640. The molecule has 1 N–H and O–H groups in total. The minimum absolute atomic E-state index is 0.146. The van der Waals surface area contributed by atoms with Crippen LogP contribution < -0.4 is 20.5 Å². The summed E-state index contributed by atoms with van der Waals surface area (Å²) in [7, 11) is 1.58. The SMILES string of the molecule is COc1cccc(OCCNC(=O)Cn2c(=O)oc3cc(Cl)ccc32)c1. The van der Waals surface area contributed by atoms with Gasteiger partial charge in [-0.3, -0.25) is 9.36 Å². The van der Waals surface area contributed by atoms with Crippen LogP contribution >= 0.6 is 11.6 Å². The number of oxazole rings is 1. The molecule has 26 heavy (non-hydrogen) atoms. The van der Waals surface area contributed by atoms with E-state index in [1.807, 2.05) is 12.1 Å². The van der Waals surface area contributed by atoms with Gasteiger partial charge in [-0.05, 0) is 24.3 Å². The average molecular weight is 377 g/mol. The van der Waals surface area contributed by atoms with Crippen LogP contribution in [0.2, 0.25) is 5.02 Å². The van der Waals surface area contributed by atoms with Crippen molar-refractivity contribution in [3.8, 4) is 11.5 Å². The highest BCUT2D eigenvalue weighted by molar-refractivity contribution is 6.31. The number of hydrogen-bond donors (Lipinski definition) is 1. The van der Waals surface area contributed by atoms with Gasteiger partial charge < -0.3 is 19.2 Å². The third-order valence-corrected chi connectivity index (χ3v) is 3.90. The van der Waals surface area contributed by atoms with Crippen molar-refractivity contribution in [2.75, 3.05) is 20.3 Å². The Bertz CT molecular complexity index is 979. The second kappa shape index (κ2) is 7.97. The Morgan fingerprint density at radius 3 is 2.85 bits per heavy atom. The van der Waals surface area contributed by atoms with Gasteiger partial charge in [0, 0.05) is 17.2 Å². The molecule has 7 nitrogen and oxygen atoms in total. The van der Waals surface area contributed by atoms with Crippen LogP contribution in [0.3, 0.4) is 0 Å². The van der Waals surface area contributed by atoms with Crippen LogP contribution in [0.4, 0.5) is 0 Å². The summed E-state index contributed by atoms with van der Waals surface area (Å²) in [4.78, 5) is 24.0. The van der Waals surface area contributed by atoms with Crippen molar-refractivity contribution < 1.29 is 18.7 Å². The largest absolute Gasteiger partial charge is 0.497 e. The Balaban J connectivity index is 1.53. The number of fused-ring (bicyclic) bond motifs is 1. The molecule has 0 saturated heterocycles. The summed E-state index contributed by atoms with van der Waals surface area (Å²) in [5, 5.41) is 3.16. The number of amides is 1. The maximum atomic E-state index is 12.1. The maximum absolute atomic E-state index is 12.1. The Morgan fingerprint density at radius 1 is 1.23 bits per heavy atom. The van der Waals surface area contributed by atoms with Crippen molar-refractivity contribution in [2.45, 2.75) is 6.54 Å². The summed E-state index contributed by atoms with van der Waals surface area (Å²) in [6, 6.07) is 12.0. The van der Waals surface area contributed by atoms with Gasteiger partial charge >= 0.3 is 5.76 Å². The van der Waals surface area contributed by atoms with Crippen LogP contribution in [0.25, 0.3) is 11.1 Å². The first-order valence-corrected chi connectivity index (χ1v) is 8.27. The van der Waals surface area contributed by atoms with Gasteiger partial charge in [-0.1, -0.05) is 17.7 Å². The highest BCUT2D eigenvalue weighted by Crippen LogP contribution is 2.19. The number of rotatable bonds is 7. The molecular formula is C18H17ClN2O5. The number of carbonyl (C=O) groups excluding carboxylic acids is 1. The molecule has 0 aliphatic heterocycles. The summed E-state index contributed by atoms with van der Waals surface area (Å²) >= 11 is 5.87. The van der Waals surface area contributed by atoms with Gasteiger partial charge in [-0.2, -0.15) is 0 Å². The van der Waals surface area contributed by atoms with Crippen molar-refractivity contribution in [3.63, 3.8) is 0 Å². The van der Waals surface area contributed by atoms with Gasteiger partial charge in [0.25, 0.3) is 0 Å². The molecule has 0 atom stereocenters. The molecule has 0 bridgehead atoms. The van der Waals surface area contributed by atoms with Crippen molar-refractivity contribution in [3.05, 3.63) is 58.0 Å². The number of ether oxygens (including phenoxy) is 2. The summed E-state index contributed by atoms with van der Waals surface area (Å²) in [5.41, 5.74) is 0.860. The first kappa shape index (κ1) is 17.9. The zero-order valence-electron chi connectivity index (χ0n) is 14.0. The van der Waals surface area contributed by atoms with Crippen LogP contribution in [-0.2, 0) is 11.3 Å². The van der Waals surface area contributed by atoms with E-state index in [0.717, 1.165) is 0 Å². The van der Waals surface area contributed by atoms with Crippen LogP contribution in [0, 0.1) is 0 Å². The number of methoxy groups -OCH3 is 1. The van der Waals surface area contributed by atoms with E-state index in [-0.39, 0.29) is 19.1 Å². The van der Waals surface area contributed by atoms with Crippen molar-refractivity contribution in [1.29, 1.82) is 0 Å². The Morgan fingerprint density at radius 2 is 2.04 bits per heavy atom. The smallest absolute Gasteiger partial charge is 0.420 e. The molecular weight excluding hydrogens is 360 g/mol. The molecule has 1 amide bonds. The van der Waals surface area contributed by atoms with Gasteiger partial charge in [-0.25, -0.2) is 4.79 Å². The fourth-order valence-electron chi connectivity index (χ4n) is 2.44. The highest BCUT2D eigenvalue weighted by atomic mass is 35.5. The number of hydrogen-bond acceptors (Lipinski definition) is 5.